The number of anilines is 1. The molecule has 0 fully saturated rings. The number of carbonyl (C=O) groups is 1. The van der Waals surface area contributed by atoms with Crippen molar-refractivity contribution < 1.29 is 9.32 Å². The first-order chi connectivity index (χ1) is 14.4. The number of nitrogens with one attached hydrogen (secondary N) is 1. The summed E-state index contributed by atoms with van der Waals surface area (Å²) in [5.74, 6) is 0.688. The summed E-state index contributed by atoms with van der Waals surface area (Å²) in [5, 5.41) is 10.8. The van der Waals surface area contributed by atoms with Crippen LogP contribution >= 0.6 is 0 Å². The topological polar surface area (TPSA) is 108 Å². The number of benzene rings is 1. The van der Waals surface area contributed by atoms with Crippen LogP contribution in [0.4, 0.5) is 5.82 Å². The lowest BCUT2D eigenvalue weighted by Crippen LogP contribution is -2.31. The van der Waals surface area contributed by atoms with E-state index in [0.717, 1.165) is 17.0 Å². The van der Waals surface area contributed by atoms with Gasteiger partial charge >= 0.3 is 0 Å². The van der Waals surface area contributed by atoms with Gasteiger partial charge in [-0.15, -0.1) is 0 Å². The standard InChI is InChI=1S/C21H20N6O3/c1-13-9-14(2)27(24-13)21-22-17(16-7-5-4-6-8-16)11-20(29)26(21)12-19(28)23-18-10-15(3)30-25-18/h4-11H,12H2,1-3H3,(H,23,25,28). The third kappa shape index (κ3) is 3.90. The van der Waals surface area contributed by atoms with Crippen LogP contribution in [0.3, 0.4) is 0 Å². The van der Waals surface area contributed by atoms with E-state index in [1.165, 1.54) is 10.6 Å². The minimum Gasteiger partial charge on any atom is -0.360 e. The van der Waals surface area contributed by atoms with Gasteiger partial charge in [-0.1, -0.05) is 35.5 Å². The van der Waals surface area contributed by atoms with E-state index in [2.05, 4.69) is 20.6 Å². The first kappa shape index (κ1) is 19.3. The second-order valence-corrected chi connectivity index (χ2v) is 6.94. The second kappa shape index (κ2) is 7.78. The molecule has 9 heteroatoms. The van der Waals surface area contributed by atoms with E-state index in [0.29, 0.717) is 11.5 Å². The van der Waals surface area contributed by atoms with Crippen LogP contribution < -0.4 is 10.9 Å². The molecule has 4 aromatic rings. The molecule has 0 spiro atoms. The van der Waals surface area contributed by atoms with E-state index < -0.39 is 5.91 Å². The second-order valence-electron chi connectivity index (χ2n) is 6.94. The van der Waals surface area contributed by atoms with Crippen molar-refractivity contribution in [3.63, 3.8) is 0 Å². The van der Waals surface area contributed by atoms with Crippen molar-refractivity contribution >= 4 is 11.7 Å². The zero-order valence-electron chi connectivity index (χ0n) is 16.8. The van der Waals surface area contributed by atoms with Gasteiger partial charge in [0.1, 0.15) is 12.3 Å². The van der Waals surface area contributed by atoms with Gasteiger partial charge in [0.2, 0.25) is 11.9 Å². The minimum absolute atomic E-state index is 0.250. The van der Waals surface area contributed by atoms with E-state index in [1.807, 2.05) is 50.2 Å². The third-order valence-electron chi connectivity index (χ3n) is 4.45. The summed E-state index contributed by atoms with van der Waals surface area (Å²) in [6.07, 6.45) is 0. The smallest absolute Gasteiger partial charge is 0.256 e. The predicted molar refractivity (Wildman–Crippen MR) is 110 cm³/mol. The first-order valence-corrected chi connectivity index (χ1v) is 9.35. The summed E-state index contributed by atoms with van der Waals surface area (Å²) in [6, 6.07) is 14.3. The minimum atomic E-state index is -0.428. The third-order valence-corrected chi connectivity index (χ3v) is 4.45. The quantitative estimate of drug-likeness (QED) is 0.548. The molecule has 3 aromatic heterocycles. The van der Waals surface area contributed by atoms with Crippen LogP contribution in [0.1, 0.15) is 17.1 Å². The van der Waals surface area contributed by atoms with Gasteiger partial charge in [0.15, 0.2) is 5.82 Å². The molecule has 0 saturated carbocycles. The Balaban J connectivity index is 1.77. The predicted octanol–water partition coefficient (Wildman–Crippen LogP) is 2.65. The SMILES string of the molecule is Cc1cc(C)n(-c2nc(-c3ccccc3)cc(=O)n2CC(=O)Nc2cc(C)on2)n1. The van der Waals surface area contributed by atoms with Gasteiger partial charge in [0, 0.05) is 23.4 Å². The van der Waals surface area contributed by atoms with Crippen molar-refractivity contribution in [1.29, 1.82) is 0 Å². The normalized spacial score (nSPS) is 10.9. The van der Waals surface area contributed by atoms with Crippen LogP contribution in [0.25, 0.3) is 17.2 Å². The maximum atomic E-state index is 13.0. The number of aromatic nitrogens is 5. The van der Waals surface area contributed by atoms with Crippen LogP contribution in [0.5, 0.6) is 0 Å². The Morgan fingerprint density at radius 2 is 1.87 bits per heavy atom. The maximum Gasteiger partial charge on any atom is 0.256 e. The van der Waals surface area contributed by atoms with Crippen molar-refractivity contribution in [3.05, 3.63) is 76.0 Å². The summed E-state index contributed by atoms with van der Waals surface area (Å²) in [7, 11) is 0. The lowest BCUT2D eigenvalue weighted by atomic mass is 10.1. The van der Waals surface area contributed by atoms with E-state index >= 15 is 0 Å². The number of aryl methyl sites for hydroxylation is 3. The summed E-state index contributed by atoms with van der Waals surface area (Å²) >= 11 is 0. The highest BCUT2D eigenvalue weighted by atomic mass is 16.5. The lowest BCUT2D eigenvalue weighted by Gasteiger charge is -2.14. The summed E-state index contributed by atoms with van der Waals surface area (Å²) in [4.78, 5) is 30.2. The fourth-order valence-corrected chi connectivity index (χ4v) is 3.14. The highest BCUT2D eigenvalue weighted by molar-refractivity contribution is 5.89. The molecule has 0 aliphatic rings. The average Bonchev–Trinajstić information content (AvgIpc) is 3.27. The van der Waals surface area contributed by atoms with Gasteiger partial charge in [0.25, 0.3) is 5.56 Å². The van der Waals surface area contributed by atoms with Gasteiger partial charge in [0.05, 0.1) is 11.4 Å². The molecule has 0 saturated heterocycles. The molecule has 0 aliphatic heterocycles. The monoisotopic (exact) mass is 404 g/mol. The average molecular weight is 404 g/mol. The molecule has 0 bridgehead atoms. The van der Waals surface area contributed by atoms with Crippen LogP contribution in [-0.2, 0) is 11.3 Å². The Labute approximate surface area is 172 Å². The van der Waals surface area contributed by atoms with Gasteiger partial charge in [-0.05, 0) is 26.8 Å². The summed E-state index contributed by atoms with van der Waals surface area (Å²) < 4.78 is 7.81. The molecular weight excluding hydrogens is 384 g/mol. The van der Waals surface area contributed by atoms with Gasteiger partial charge in [-0.2, -0.15) is 5.10 Å². The highest BCUT2D eigenvalue weighted by Crippen LogP contribution is 2.18. The van der Waals surface area contributed by atoms with Crippen LogP contribution in [-0.4, -0.2) is 30.4 Å². The fourth-order valence-electron chi connectivity index (χ4n) is 3.14. The summed E-state index contributed by atoms with van der Waals surface area (Å²) in [5.41, 5.74) is 2.52. The largest absolute Gasteiger partial charge is 0.360 e. The van der Waals surface area contributed by atoms with Crippen molar-refractivity contribution in [2.24, 2.45) is 0 Å². The molecule has 1 N–H and O–H groups in total. The zero-order chi connectivity index (χ0) is 21.3. The number of carbonyl (C=O) groups excluding carboxylic acids is 1. The molecule has 0 unspecified atom stereocenters. The molecule has 3 heterocycles. The van der Waals surface area contributed by atoms with E-state index in [1.54, 1.807) is 17.7 Å². The van der Waals surface area contributed by atoms with Crippen LogP contribution in [0.2, 0.25) is 0 Å². The Morgan fingerprint density at radius 3 is 2.50 bits per heavy atom. The van der Waals surface area contributed by atoms with Gasteiger partial charge in [-0.25, -0.2) is 9.67 Å². The molecule has 0 aliphatic carbocycles. The van der Waals surface area contributed by atoms with Crippen molar-refractivity contribution in [3.8, 4) is 17.2 Å². The number of amides is 1. The highest BCUT2D eigenvalue weighted by Gasteiger charge is 2.18. The number of nitrogens with zero attached hydrogens (tertiary/aromatic N) is 5. The molecule has 152 valence electrons. The van der Waals surface area contributed by atoms with Crippen LogP contribution in [0, 0.1) is 20.8 Å². The van der Waals surface area contributed by atoms with Crippen LogP contribution in [0.15, 0.2) is 57.8 Å². The molecule has 1 amide bonds. The lowest BCUT2D eigenvalue weighted by molar-refractivity contribution is -0.116. The number of hydrogen-bond donors (Lipinski definition) is 1. The van der Waals surface area contributed by atoms with Crippen molar-refractivity contribution in [2.75, 3.05) is 5.32 Å². The molecular formula is C21H20N6O3. The molecule has 30 heavy (non-hydrogen) atoms. The van der Waals surface area contributed by atoms with Gasteiger partial charge in [-0.3, -0.25) is 14.2 Å². The molecule has 4 rings (SSSR count). The Bertz CT molecular complexity index is 1270. The number of rotatable bonds is 5. The zero-order valence-corrected chi connectivity index (χ0v) is 16.8. The molecule has 0 radical (unpaired) electrons. The first-order valence-electron chi connectivity index (χ1n) is 9.35. The Hall–Kier alpha value is -4.01. The Kier molecular flexibility index (Phi) is 5.01. The summed E-state index contributed by atoms with van der Waals surface area (Å²) in [6.45, 7) is 5.19. The van der Waals surface area contributed by atoms with E-state index in [-0.39, 0.29) is 23.9 Å². The molecule has 1 aromatic carbocycles. The molecule has 0 atom stereocenters. The van der Waals surface area contributed by atoms with E-state index in [4.69, 9.17) is 4.52 Å². The van der Waals surface area contributed by atoms with E-state index in [9.17, 15) is 9.59 Å². The van der Waals surface area contributed by atoms with Crippen molar-refractivity contribution in [1.82, 2.24) is 24.5 Å². The number of hydrogen-bond acceptors (Lipinski definition) is 6. The Morgan fingerprint density at radius 1 is 1.10 bits per heavy atom. The fraction of sp³-hybridized carbons (Fsp3) is 0.190. The van der Waals surface area contributed by atoms with Gasteiger partial charge < -0.3 is 9.84 Å². The maximum absolute atomic E-state index is 13.0. The van der Waals surface area contributed by atoms with Crippen molar-refractivity contribution in [2.45, 2.75) is 27.3 Å². The molecule has 9 nitrogen and oxygen atoms in total.